The predicted octanol–water partition coefficient (Wildman–Crippen LogP) is 3.17. The van der Waals surface area contributed by atoms with Gasteiger partial charge in [0.1, 0.15) is 0 Å². The first kappa shape index (κ1) is 22.3. The van der Waals surface area contributed by atoms with Crippen molar-refractivity contribution in [1.29, 1.82) is 0 Å². The number of ether oxygens (including phenoxy) is 1. The van der Waals surface area contributed by atoms with E-state index < -0.39 is 22.8 Å². The Bertz CT molecular complexity index is 944. The standard InChI is InChI=1S/C20H22N4O6/c1-13(2)12-30-20(27)23-16-7-4-6-15(10-16)22-18(25)11-21-19(26)14-5-3-8-17(9-14)24(28)29/h3-10,13H,11-12H2,1-2H3,(H,21,26)(H,22,25)(H,23,27). The van der Waals surface area contributed by atoms with Crippen LogP contribution in [0.25, 0.3) is 0 Å². The zero-order valence-corrected chi connectivity index (χ0v) is 16.5. The summed E-state index contributed by atoms with van der Waals surface area (Å²) in [5.41, 5.74) is 0.694. The molecule has 0 spiro atoms. The Morgan fingerprint density at radius 1 is 1.03 bits per heavy atom. The van der Waals surface area contributed by atoms with Gasteiger partial charge in [0, 0.05) is 29.1 Å². The minimum atomic E-state index is -0.614. The molecule has 158 valence electrons. The summed E-state index contributed by atoms with van der Waals surface area (Å²) in [5.74, 6) is -0.913. The normalized spacial score (nSPS) is 10.2. The third kappa shape index (κ3) is 7.23. The van der Waals surface area contributed by atoms with Crippen molar-refractivity contribution < 1.29 is 24.0 Å². The molecule has 3 amide bonds. The van der Waals surface area contributed by atoms with Crippen LogP contribution < -0.4 is 16.0 Å². The molecule has 0 fully saturated rings. The second kappa shape index (κ2) is 10.6. The van der Waals surface area contributed by atoms with Crippen molar-refractivity contribution in [2.75, 3.05) is 23.8 Å². The number of anilines is 2. The zero-order chi connectivity index (χ0) is 22.1. The van der Waals surface area contributed by atoms with Crippen molar-refractivity contribution in [3.8, 4) is 0 Å². The molecule has 2 aromatic carbocycles. The molecular formula is C20H22N4O6. The van der Waals surface area contributed by atoms with Crippen LogP contribution in [0, 0.1) is 16.0 Å². The molecular weight excluding hydrogens is 392 g/mol. The molecule has 0 atom stereocenters. The van der Waals surface area contributed by atoms with Gasteiger partial charge in [-0.2, -0.15) is 0 Å². The molecule has 2 rings (SSSR count). The summed E-state index contributed by atoms with van der Waals surface area (Å²) < 4.78 is 5.03. The highest BCUT2D eigenvalue weighted by Gasteiger charge is 2.13. The van der Waals surface area contributed by atoms with E-state index in [1.165, 1.54) is 24.3 Å². The lowest BCUT2D eigenvalue weighted by molar-refractivity contribution is -0.384. The van der Waals surface area contributed by atoms with Gasteiger partial charge in [0.25, 0.3) is 11.6 Å². The van der Waals surface area contributed by atoms with Crippen LogP contribution >= 0.6 is 0 Å². The summed E-state index contributed by atoms with van der Waals surface area (Å²) in [4.78, 5) is 46.1. The van der Waals surface area contributed by atoms with E-state index in [2.05, 4.69) is 16.0 Å². The lowest BCUT2D eigenvalue weighted by Crippen LogP contribution is -2.32. The maximum absolute atomic E-state index is 12.1. The van der Waals surface area contributed by atoms with Gasteiger partial charge in [0.05, 0.1) is 18.1 Å². The zero-order valence-electron chi connectivity index (χ0n) is 16.5. The quantitative estimate of drug-likeness (QED) is 0.448. The van der Waals surface area contributed by atoms with Gasteiger partial charge in [-0.25, -0.2) is 4.79 Å². The van der Waals surface area contributed by atoms with E-state index in [1.54, 1.807) is 18.2 Å². The van der Waals surface area contributed by atoms with Gasteiger partial charge in [0.15, 0.2) is 0 Å². The Kier molecular flexibility index (Phi) is 7.86. The van der Waals surface area contributed by atoms with E-state index >= 15 is 0 Å². The van der Waals surface area contributed by atoms with Crippen LogP contribution in [-0.4, -0.2) is 36.0 Å². The van der Waals surface area contributed by atoms with Crippen LogP contribution in [0.4, 0.5) is 21.9 Å². The minimum absolute atomic E-state index is 0.0723. The van der Waals surface area contributed by atoms with Crippen molar-refractivity contribution in [2.45, 2.75) is 13.8 Å². The third-order valence-electron chi connectivity index (χ3n) is 3.67. The lowest BCUT2D eigenvalue weighted by Gasteiger charge is -2.11. The second-order valence-electron chi connectivity index (χ2n) is 6.74. The summed E-state index contributed by atoms with van der Waals surface area (Å²) in [5, 5.41) is 18.3. The molecule has 30 heavy (non-hydrogen) atoms. The summed E-state index contributed by atoms with van der Waals surface area (Å²) >= 11 is 0. The van der Waals surface area contributed by atoms with Crippen molar-refractivity contribution in [3.63, 3.8) is 0 Å². The SMILES string of the molecule is CC(C)COC(=O)Nc1cccc(NC(=O)CNC(=O)c2cccc([N+](=O)[O-])c2)c1. The molecule has 0 radical (unpaired) electrons. The fourth-order valence-electron chi connectivity index (χ4n) is 2.30. The lowest BCUT2D eigenvalue weighted by atomic mass is 10.2. The molecule has 0 saturated carbocycles. The number of nitrogens with one attached hydrogen (secondary N) is 3. The minimum Gasteiger partial charge on any atom is -0.449 e. The van der Waals surface area contributed by atoms with E-state index in [-0.39, 0.29) is 30.3 Å². The van der Waals surface area contributed by atoms with E-state index in [1.807, 2.05) is 13.8 Å². The first-order valence-corrected chi connectivity index (χ1v) is 9.11. The highest BCUT2D eigenvalue weighted by atomic mass is 16.6. The van der Waals surface area contributed by atoms with Crippen LogP contribution in [0.15, 0.2) is 48.5 Å². The first-order chi connectivity index (χ1) is 14.2. The first-order valence-electron chi connectivity index (χ1n) is 9.11. The maximum Gasteiger partial charge on any atom is 0.411 e. The number of nitro groups is 1. The molecule has 0 aliphatic rings. The Morgan fingerprint density at radius 3 is 2.37 bits per heavy atom. The summed E-state index contributed by atoms with van der Waals surface area (Å²) in [6, 6.07) is 11.6. The molecule has 0 aliphatic carbocycles. The van der Waals surface area contributed by atoms with Gasteiger partial charge in [-0.3, -0.25) is 25.0 Å². The Balaban J connectivity index is 1.87. The fourth-order valence-corrected chi connectivity index (χ4v) is 2.30. The van der Waals surface area contributed by atoms with Gasteiger partial charge in [-0.05, 0) is 30.2 Å². The third-order valence-corrected chi connectivity index (χ3v) is 3.67. The fraction of sp³-hybridized carbons (Fsp3) is 0.250. The van der Waals surface area contributed by atoms with Gasteiger partial charge in [-0.15, -0.1) is 0 Å². The molecule has 3 N–H and O–H groups in total. The molecule has 0 unspecified atom stereocenters. The van der Waals surface area contributed by atoms with E-state index in [4.69, 9.17) is 4.74 Å². The van der Waals surface area contributed by atoms with Gasteiger partial charge in [0.2, 0.25) is 5.91 Å². The van der Waals surface area contributed by atoms with E-state index in [0.717, 1.165) is 6.07 Å². The van der Waals surface area contributed by atoms with Crippen LogP contribution in [0.2, 0.25) is 0 Å². The van der Waals surface area contributed by atoms with E-state index in [9.17, 15) is 24.5 Å². The monoisotopic (exact) mass is 414 g/mol. The van der Waals surface area contributed by atoms with Crippen molar-refractivity contribution >= 4 is 35.0 Å². The van der Waals surface area contributed by atoms with Crippen molar-refractivity contribution in [1.82, 2.24) is 5.32 Å². The molecule has 0 aromatic heterocycles. The summed E-state index contributed by atoms with van der Waals surface area (Å²) in [6.45, 7) is 3.78. The number of carbonyl (C=O) groups excluding carboxylic acids is 3. The highest BCUT2D eigenvalue weighted by molar-refractivity contribution is 6.00. The van der Waals surface area contributed by atoms with Crippen LogP contribution in [-0.2, 0) is 9.53 Å². The van der Waals surface area contributed by atoms with Crippen molar-refractivity contribution in [2.24, 2.45) is 5.92 Å². The van der Waals surface area contributed by atoms with Crippen molar-refractivity contribution in [3.05, 3.63) is 64.2 Å². The average molecular weight is 414 g/mol. The number of amides is 3. The number of hydrogen-bond donors (Lipinski definition) is 3. The average Bonchev–Trinajstić information content (AvgIpc) is 2.70. The summed E-state index contributed by atoms with van der Waals surface area (Å²) in [6.07, 6.45) is -0.601. The molecule has 10 nitrogen and oxygen atoms in total. The predicted molar refractivity (Wildman–Crippen MR) is 110 cm³/mol. The largest absolute Gasteiger partial charge is 0.449 e. The number of nitro benzene ring substituents is 1. The number of nitrogens with zero attached hydrogens (tertiary/aromatic N) is 1. The summed E-state index contributed by atoms with van der Waals surface area (Å²) in [7, 11) is 0. The Hall–Kier alpha value is -3.95. The maximum atomic E-state index is 12.1. The molecule has 10 heteroatoms. The Morgan fingerprint density at radius 2 is 1.70 bits per heavy atom. The topological polar surface area (TPSA) is 140 Å². The van der Waals surface area contributed by atoms with Gasteiger partial charge in [-0.1, -0.05) is 26.0 Å². The molecule has 2 aromatic rings. The van der Waals surface area contributed by atoms with Crippen LogP contribution in [0.5, 0.6) is 0 Å². The van der Waals surface area contributed by atoms with E-state index in [0.29, 0.717) is 11.4 Å². The van der Waals surface area contributed by atoms with Crippen LogP contribution in [0.1, 0.15) is 24.2 Å². The second-order valence-corrected chi connectivity index (χ2v) is 6.74. The molecule has 0 heterocycles. The smallest absolute Gasteiger partial charge is 0.411 e. The van der Waals surface area contributed by atoms with Crippen LogP contribution in [0.3, 0.4) is 0 Å². The highest BCUT2D eigenvalue weighted by Crippen LogP contribution is 2.16. The number of non-ortho nitro benzene ring substituents is 1. The molecule has 0 saturated heterocycles. The Labute approximate surface area is 172 Å². The molecule has 0 bridgehead atoms. The number of hydrogen-bond acceptors (Lipinski definition) is 6. The number of carbonyl (C=O) groups is 3. The molecule has 0 aliphatic heterocycles. The van der Waals surface area contributed by atoms with Gasteiger partial charge < -0.3 is 15.4 Å². The van der Waals surface area contributed by atoms with Gasteiger partial charge >= 0.3 is 6.09 Å². The number of rotatable bonds is 8. The number of benzene rings is 2.